The highest BCUT2D eigenvalue weighted by Gasteiger charge is 2.08. The molecule has 0 saturated heterocycles. The maximum absolute atomic E-state index is 10.9. The van der Waals surface area contributed by atoms with Gasteiger partial charge in [-0.3, -0.25) is 4.79 Å². The lowest BCUT2D eigenvalue weighted by Crippen LogP contribution is -2.00. The van der Waals surface area contributed by atoms with Crippen molar-refractivity contribution in [3.63, 3.8) is 0 Å². The number of hydrogen-bond acceptors (Lipinski definition) is 5. The number of nitrogens with zero attached hydrogens (tertiary/aromatic N) is 1. The predicted octanol–water partition coefficient (Wildman–Crippen LogP) is 3.69. The van der Waals surface area contributed by atoms with Gasteiger partial charge in [0.25, 0.3) is 0 Å². The van der Waals surface area contributed by atoms with Gasteiger partial charge in [0, 0.05) is 6.92 Å². The summed E-state index contributed by atoms with van der Waals surface area (Å²) in [5, 5.41) is 9.44. The Hall–Kier alpha value is -3.26. The molecule has 2 aromatic carbocycles. The van der Waals surface area contributed by atoms with Crippen LogP contribution < -0.4 is 14.2 Å². The molecule has 0 aliphatic rings. The van der Waals surface area contributed by atoms with Crippen LogP contribution in [0.5, 0.6) is 17.2 Å². The SMILES string of the molecule is COc1ccc(C(C#N)=Cc2ccc(OC(C)=O)cc2)cc1OC. The van der Waals surface area contributed by atoms with Crippen molar-refractivity contribution in [3.8, 4) is 23.3 Å². The fourth-order valence-electron chi connectivity index (χ4n) is 2.15. The van der Waals surface area contributed by atoms with Crippen LogP contribution in [0.3, 0.4) is 0 Å². The zero-order chi connectivity index (χ0) is 17.5. The third-order valence-electron chi connectivity index (χ3n) is 3.27. The fourth-order valence-corrected chi connectivity index (χ4v) is 2.15. The van der Waals surface area contributed by atoms with Crippen molar-refractivity contribution in [1.29, 1.82) is 5.26 Å². The smallest absolute Gasteiger partial charge is 0.308 e. The molecular weight excluding hydrogens is 306 g/mol. The Balaban J connectivity index is 2.32. The Morgan fingerprint density at radius 2 is 1.71 bits per heavy atom. The van der Waals surface area contributed by atoms with E-state index in [0.29, 0.717) is 22.8 Å². The van der Waals surface area contributed by atoms with Crippen molar-refractivity contribution in [2.75, 3.05) is 14.2 Å². The minimum Gasteiger partial charge on any atom is -0.493 e. The van der Waals surface area contributed by atoms with E-state index in [4.69, 9.17) is 14.2 Å². The van der Waals surface area contributed by atoms with Crippen LogP contribution in [-0.4, -0.2) is 20.2 Å². The number of nitriles is 1. The lowest BCUT2D eigenvalue weighted by atomic mass is 10.0. The summed E-state index contributed by atoms with van der Waals surface area (Å²) < 4.78 is 15.4. The van der Waals surface area contributed by atoms with E-state index in [2.05, 4.69) is 6.07 Å². The van der Waals surface area contributed by atoms with Crippen molar-refractivity contribution in [3.05, 3.63) is 53.6 Å². The van der Waals surface area contributed by atoms with Crippen LogP contribution in [0.4, 0.5) is 0 Å². The van der Waals surface area contributed by atoms with Crippen LogP contribution in [0.25, 0.3) is 11.6 Å². The lowest BCUT2D eigenvalue weighted by molar-refractivity contribution is -0.131. The summed E-state index contributed by atoms with van der Waals surface area (Å²) in [6.45, 7) is 1.35. The first kappa shape index (κ1) is 17.1. The van der Waals surface area contributed by atoms with Gasteiger partial charge in [0.1, 0.15) is 5.75 Å². The summed E-state index contributed by atoms with van der Waals surface area (Å²) in [7, 11) is 3.11. The minimum absolute atomic E-state index is 0.374. The van der Waals surface area contributed by atoms with Crippen molar-refractivity contribution < 1.29 is 19.0 Å². The van der Waals surface area contributed by atoms with Crippen LogP contribution in [0, 0.1) is 11.3 Å². The Kier molecular flexibility index (Phi) is 5.58. The third-order valence-corrected chi connectivity index (χ3v) is 3.27. The zero-order valence-electron chi connectivity index (χ0n) is 13.7. The van der Waals surface area contributed by atoms with E-state index in [1.807, 2.05) is 0 Å². The van der Waals surface area contributed by atoms with Gasteiger partial charge in [-0.25, -0.2) is 0 Å². The summed E-state index contributed by atoms with van der Waals surface area (Å²) in [4.78, 5) is 10.9. The number of methoxy groups -OCH3 is 2. The van der Waals surface area contributed by atoms with E-state index in [1.165, 1.54) is 6.92 Å². The average Bonchev–Trinajstić information content (AvgIpc) is 2.60. The summed E-state index contributed by atoms with van der Waals surface area (Å²) in [5.41, 5.74) is 2.02. The third kappa shape index (κ3) is 4.14. The maximum Gasteiger partial charge on any atom is 0.308 e. The van der Waals surface area contributed by atoms with E-state index < -0.39 is 0 Å². The highest BCUT2D eigenvalue weighted by atomic mass is 16.5. The molecule has 0 bridgehead atoms. The molecule has 0 aromatic heterocycles. The number of ether oxygens (including phenoxy) is 3. The largest absolute Gasteiger partial charge is 0.493 e. The normalized spacial score (nSPS) is 10.7. The molecule has 2 aromatic rings. The van der Waals surface area contributed by atoms with Gasteiger partial charge in [-0.2, -0.15) is 5.26 Å². The fraction of sp³-hybridized carbons (Fsp3) is 0.158. The van der Waals surface area contributed by atoms with Gasteiger partial charge in [-0.05, 0) is 47.5 Å². The Morgan fingerprint density at radius 3 is 2.25 bits per heavy atom. The van der Waals surface area contributed by atoms with Crippen LogP contribution >= 0.6 is 0 Å². The van der Waals surface area contributed by atoms with E-state index >= 15 is 0 Å². The monoisotopic (exact) mass is 323 g/mol. The second kappa shape index (κ2) is 7.84. The summed E-state index contributed by atoms with van der Waals surface area (Å²) in [6, 6.07) is 14.4. The minimum atomic E-state index is -0.374. The molecule has 5 nitrogen and oxygen atoms in total. The van der Waals surface area contributed by atoms with Crippen molar-refractivity contribution in [2.45, 2.75) is 6.92 Å². The molecule has 24 heavy (non-hydrogen) atoms. The first-order valence-corrected chi connectivity index (χ1v) is 7.20. The molecule has 0 amide bonds. The van der Waals surface area contributed by atoms with Gasteiger partial charge in [0.05, 0.1) is 25.9 Å². The van der Waals surface area contributed by atoms with Crippen LogP contribution in [0.1, 0.15) is 18.1 Å². The molecule has 0 N–H and O–H groups in total. The molecule has 0 fully saturated rings. The molecule has 5 heteroatoms. The first-order chi connectivity index (χ1) is 11.6. The molecule has 122 valence electrons. The predicted molar refractivity (Wildman–Crippen MR) is 90.8 cm³/mol. The Bertz CT molecular complexity index is 801. The second-order valence-electron chi connectivity index (χ2n) is 4.90. The van der Waals surface area contributed by atoms with Gasteiger partial charge in [0.15, 0.2) is 11.5 Å². The highest BCUT2D eigenvalue weighted by Crippen LogP contribution is 2.31. The summed E-state index contributed by atoms with van der Waals surface area (Å²) in [6.07, 6.45) is 1.75. The number of benzene rings is 2. The molecule has 0 radical (unpaired) electrons. The number of rotatable bonds is 5. The topological polar surface area (TPSA) is 68.5 Å². The van der Waals surface area contributed by atoms with Gasteiger partial charge in [-0.15, -0.1) is 0 Å². The molecule has 0 aliphatic carbocycles. The molecule has 0 unspecified atom stereocenters. The van der Waals surface area contributed by atoms with Crippen molar-refractivity contribution in [1.82, 2.24) is 0 Å². The molecular formula is C19H17NO4. The molecule has 0 aliphatic heterocycles. The van der Waals surface area contributed by atoms with E-state index in [1.54, 1.807) is 62.8 Å². The zero-order valence-corrected chi connectivity index (χ0v) is 13.7. The highest BCUT2D eigenvalue weighted by molar-refractivity contribution is 5.90. The maximum atomic E-state index is 10.9. The number of esters is 1. The Morgan fingerprint density at radius 1 is 1.04 bits per heavy atom. The van der Waals surface area contributed by atoms with Gasteiger partial charge in [0.2, 0.25) is 0 Å². The van der Waals surface area contributed by atoms with E-state index in [9.17, 15) is 10.1 Å². The number of allylic oxidation sites excluding steroid dienone is 1. The van der Waals surface area contributed by atoms with Gasteiger partial charge < -0.3 is 14.2 Å². The Labute approximate surface area is 140 Å². The van der Waals surface area contributed by atoms with Gasteiger partial charge in [-0.1, -0.05) is 12.1 Å². The summed E-state index contributed by atoms with van der Waals surface area (Å²) >= 11 is 0. The number of carbonyl (C=O) groups excluding carboxylic acids is 1. The average molecular weight is 323 g/mol. The molecule has 2 rings (SSSR count). The number of hydrogen-bond donors (Lipinski definition) is 0. The molecule has 0 spiro atoms. The van der Waals surface area contributed by atoms with Crippen molar-refractivity contribution in [2.24, 2.45) is 0 Å². The van der Waals surface area contributed by atoms with Crippen LogP contribution in [0.15, 0.2) is 42.5 Å². The second-order valence-corrected chi connectivity index (χ2v) is 4.90. The molecule has 0 atom stereocenters. The van der Waals surface area contributed by atoms with E-state index in [-0.39, 0.29) is 5.97 Å². The first-order valence-electron chi connectivity index (χ1n) is 7.20. The number of carbonyl (C=O) groups is 1. The standard InChI is InChI=1S/C19H17NO4/c1-13(21)24-17-7-4-14(5-8-17)10-16(12-20)15-6-9-18(22-2)19(11-15)23-3/h4-11H,1-3H3. The quantitative estimate of drug-likeness (QED) is 0.363. The van der Waals surface area contributed by atoms with Gasteiger partial charge >= 0.3 is 5.97 Å². The summed E-state index contributed by atoms with van der Waals surface area (Å²) in [5.74, 6) is 1.25. The van der Waals surface area contributed by atoms with Crippen LogP contribution in [-0.2, 0) is 4.79 Å². The lowest BCUT2D eigenvalue weighted by Gasteiger charge is -2.09. The molecule has 0 saturated carbocycles. The van der Waals surface area contributed by atoms with Crippen LogP contribution in [0.2, 0.25) is 0 Å². The molecule has 0 heterocycles. The van der Waals surface area contributed by atoms with E-state index in [0.717, 1.165) is 11.1 Å². The van der Waals surface area contributed by atoms with Crippen molar-refractivity contribution >= 4 is 17.6 Å².